The first kappa shape index (κ1) is 12.7. The zero-order valence-electron chi connectivity index (χ0n) is 9.58. The Morgan fingerprint density at radius 3 is 2.78 bits per heavy atom. The largest absolute Gasteiger partial charge is 0.322 e. The summed E-state index contributed by atoms with van der Waals surface area (Å²) in [6.07, 6.45) is 1.26. The van der Waals surface area contributed by atoms with Crippen molar-refractivity contribution in [1.29, 1.82) is 0 Å². The predicted molar refractivity (Wildman–Crippen MR) is 71.0 cm³/mol. The molecule has 92 valence electrons. The van der Waals surface area contributed by atoms with Gasteiger partial charge in [0.05, 0.1) is 0 Å². The van der Waals surface area contributed by atoms with Gasteiger partial charge in [0.2, 0.25) is 5.95 Å². The number of aryl methyl sites for hydroxylation is 1. The Morgan fingerprint density at radius 2 is 2.11 bits per heavy atom. The minimum atomic E-state index is -0.671. The highest BCUT2D eigenvalue weighted by molar-refractivity contribution is 9.10. The van der Waals surface area contributed by atoms with Crippen LogP contribution in [0.4, 0.5) is 10.1 Å². The summed E-state index contributed by atoms with van der Waals surface area (Å²) in [4.78, 5) is 15.3. The van der Waals surface area contributed by atoms with E-state index in [1.807, 2.05) is 19.1 Å². The van der Waals surface area contributed by atoms with Crippen molar-refractivity contribution in [3.8, 4) is 0 Å². The number of rotatable bonds is 2. The molecule has 0 aliphatic heterocycles. The Balaban J connectivity index is 2.21. The predicted octanol–water partition coefficient (Wildman–Crippen LogP) is 3.54. The summed E-state index contributed by atoms with van der Waals surface area (Å²) < 4.78 is 13.8. The standard InChI is InChI=1S/C13H10BrFN2O/c1-8-6-10(14)2-3-11(8)17-13(18)9-4-5-16-12(15)7-9/h2-7H,1H3,(H,17,18). The van der Waals surface area contributed by atoms with Crippen molar-refractivity contribution in [3.63, 3.8) is 0 Å². The van der Waals surface area contributed by atoms with Gasteiger partial charge in [-0.1, -0.05) is 15.9 Å². The van der Waals surface area contributed by atoms with Crippen LogP contribution in [0.5, 0.6) is 0 Å². The molecule has 0 atom stereocenters. The van der Waals surface area contributed by atoms with Gasteiger partial charge in [-0.25, -0.2) is 4.98 Å². The normalized spacial score (nSPS) is 10.2. The molecule has 0 unspecified atom stereocenters. The highest BCUT2D eigenvalue weighted by atomic mass is 79.9. The van der Waals surface area contributed by atoms with Crippen LogP contribution in [0.2, 0.25) is 0 Å². The molecule has 0 spiro atoms. The molecular weight excluding hydrogens is 299 g/mol. The molecule has 1 heterocycles. The number of hydrogen-bond acceptors (Lipinski definition) is 2. The van der Waals surface area contributed by atoms with Gasteiger partial charge in [0, 0.05) is 28.0 Å². The van der Waals surface area contributed by atoms with Crippen LogP contribution in [0.1, 0.15) is 15.9 Å². The van der Waals surface area contributed by atoms with Gasteiger partial charge >= 0.3 is 0 Å². The number of carbonyl (C=O) groups is 1. The van der Waals surface area contributed by atoms with Gasteiger partial charge in [-0.2, -0.15) is 4.39 Å². The van der Waals surface area contributed by atoms with Crippen LogP contribution in [0, 0.1) is 12.9 Å². The van der Waals surface area contributed by atoms with Crippen LogP contribution in [-0.4, -0.2) is 10.9 Å². The molecule has 0 saturated heterocycles. The molecule has 2 rings (SSSR count). The Labute approximate surface area is 112 Å². The second-order valence-electron chi connectivity index (χ2n) is 3.78. The second kappa shape index (κ2) is 5.27. The fourth-order valence-electron chi connectivity index (χ4n) is 1.51. The van der Waals surface area contributed by atoms with E-state index >= 15 is 0 Å². The number of pyridine rings is 1. The van der Waals surface area contributed by atoms with Gasteiger partial charge < -0.3 is 5.32 Å². The Hall–Kier alpha value is -1.75. The maximum absolute atomic E-state index is 12.9. The van der Waals surface area contributed by atoms with Crippen molar-refractivity contribution in [2.75, 3.05) is 5.32 Å². The molecule has 1 aromatic carbocycles. The number of aromatic nitrogens is 1. The fraction of sp³-hybridized carbons (Fsp3) is 0.0769. The Morgan fingerprint density at radius 1 is 1.33 bits per heavy atom. The zero-order valence-corrected chi connectivity index (χ0v) is 11.2. The monoisotopic (exact) mass is 308 g/mol. The summed E-state index contributed by atoms with van der Waals surface area (Å²) in [5.41, 5.74) is 1.86. The number of hydrogen-bond donors (Lipinski definition) is 1. The number of anilines is 1. The lowest BCUT2D eigenvalue weighted by Crippen LogP contribution is -2.13. The van der Waals surface area contributed by atoms with E-state index in [0.717, 1.165) is 16.1 Å². The number of nitrogens with one attached hydrogen (secondary N) is 1. The van der Waals surface area contributed by atoms with Crippen LogP contribution in [0.25, 0.3) is 0 Å². The van der Waals surface area contributed by atoms with Gasteiger partial charge in [-0.05, 0) is 36.8 Å². The molecular formula is C13H10BrFN2O. The summed E-state index contributed by atoms with van der Waals surface area (Å²) >= 11 is 3.35. The van der Waals surface area contributed by atoms with E-state index in [-0.39, 0.29) is 11.5 Å². The molecule has 1 N–H and O–H groups in total. The molecule has 0 aliphatic carbocycles. The summed E-state index contributed by atoms with van der Waals surface area (Å²) in [6.45, 7) is 1.88. The van der Waals surface area contributed by atoms with Crippen molar-refractivity contribution in [3.05, 3.63) is 58.1 Å². The Kier molecular flexibility index (Phi) is 3.72. The van der Waals surface area contributed by atoms with E-state index in [1.54, 1.807) is 6.07 Å². The number of halogens is 2. The summed E-state index contributed by atoms with van der Waals surface area (Å²) in [5.74, 6) is -1.03. The van der Waals surface area contributed by atoms with Crippen LogP contribution in [-0.2, 0) is 0 Å². The average molecular weight is 309 g/mol. The van der Waals surface area contributed by atoms with Gasteiger partial charge in [-0.3, -0.25) is 4.79 Å². The average Bonchev–Trinajstić information content (AvgIpc) is 2.32. The van der Waals surface area contributed by atoms with E-state index in [1.165, 1.54) is 12.3 Å². The molecule has 0 saturated carbocycles. The van der Waals surface area contributed by atoms with Crippen LogP contribution in [0.15, 0.2) is 41.0 Å². The molecule has 18 heavy (non-hydrogen) atoms. The lowest BCUT2D eigenvalue weighted by Gasteiger charge is -2.08. The van der Waals surface area contributed by atoms with Crippen molar-refractivity contribution in [1.82, 2.24) is 4.98 Å². The Bertz CT molecular complexity index is 601. The maximum Gasteiger partial charge on any atom is 0.255 e. The van der Waals surface area contributed by atoms with Gasteiger partial charge in [-0.15, -0.1) is 0 Å². The molecule has 5 heteroatoms. The molecule has 3 nitrogen and oxygen atoms in total. The summed E-state index contributed by atoms with van der Waals surface area (Å²) in [6, 6.07) is 8.07. The maximum atomic E-state index is 12.9. The van der Waals surface area contributed by atoms with E-state index < -0.39 is 5.95 Å². The number of benzene rings is 1. The van der Waals surface area contributed by atoms with E-state index in [4.69, 9.17) is 0 Å². The molecule has 0 radical (unpaired) electrons. The van der Waals surface area contributed by atoms with Crippen molar-refractivity contribution < 1.29 is 9.18 Å². The molecule has 0 aliphatic rings. The first-order valence-electron chi connectivity index (χ1n) is 5.25. The van der Waals surface area contributed by atoms with E-state index in [9.17, 15) is 9.18 Å². The second-order valence-corrected chi connectivity index (χ2v) is 4.70. The first-order valence-corrected chi connectivity index (χ1v) is 6.04. The minimum absolute atomic E-state index is 0.241. The first-order chi connectivity index (χ1) is 8.56. The molecule has 1 aromatic heterocycles. The van der Waals surface area contributed by atoms with Crippen LogP contribution >= 0.6 is 15.9 Å². The van der Waals surface area contributed by atoms with Crippen LogP contribution < -0.4 is 5.32 Å². The number of carbonyl (C=O) groups excluding carboxylic acids is 1. The third-order valence-electron chi connectivity index (χ3n) is 2.43. The van der Waals surface area contributed by atoms with Crippen LogP contribution in [0.3, 0.4) is 0 Å². The van der Waals surface area contributed by atoms with Gasteiger partial charge in [0.25, 0.3) is 5.91 Å². The molecule has 0 bridgehead atoms. The van der Waals surface area contributed by atoms with E-state index in [0.29, 0.717) is 5.69 Å². The van der Waals surface area contributed by atoms with Crippen molar-refractivity contribution in [2.45, 2.75) is 6.92 Å². The minimum Gasteiger partial charge on any atom is -0.322 e. The third-order valence-corrected chi connectivity index (χ3v) is 2.92. The number of amides is 1. The summed E-state index contributed by atoms with van der Waals surface area (Å²) in [7, 11) is 0. The highest BCUT2D eigenvalue weighted by Gasteiger charge is 2.08. The van der Waals surface area contributed by atoms with Crippen molar-refractivity contribution >= 4 is 27.5 Å². The molecule has 2 aromatic rings. The summed E-state index contributed by atoms with van der Waals surface area (Å²) in [5, 5.41) is 2.73. The quantitative estimate of drug-likeness (QED) is 0.862. The highest BCUT2D eigenvalue weighted by Crippen LogP contribution is 2.20. The van der Waals surface area contributed by atoms with Crippen molar-refractivity contribution in [2.24, 2.45) is 0 Å². The fourth-order valence-corrected chi connectivity index (χ4v) is 1.98. The number of nitrogens with zero attached hydrogens (tertiary/aromatic N) is 1. The van der Waals surface area contributed by atoms with Gasteiger partial charge in [0.1, 0.15) is 0 Å². The third kappa shape index (κ3) is 2.92. The molecule has 1 amide bonds. The van der Waals surface area contributed by atoms with E-state index in [2.05, 4.69) is 26.2 Å². The lowest BCUT2D eigenvalue weighted by molar-refractivity contribution is 0.102. The smallest absolute Gasteiger partial charge is 0.255 e. The lowest BCUT2D eigenvalue weighted by atomic mass is 10.2. The zero-order chi connectivity index (χ0) is 13.1. The SMILES string of the molecule is Cc1cc(Br)ccc1NC(=O)c1ccnc(F)c1. The molecule has 0 fully saturated rings. The van der Waals surface area contributed by atoms with Gasteiger partial charge in [0.15, 0.2) is 0 Å². The topological polar surface area (TPSA) is 42.0 Å².